The fourth-order valence-electron chi connectivity index (χ4n) is 1.30. The van der Waals surface area contributed by atoms with Gasteiger partial charge in [-0.15, -0.1) is 0 Å². The van der Waals surface area contributed by atoms with E-state index < -0.39 is 0 Å². The van der Waals surface area contributed by atoms with E-state index in [1.807, 2.05) is 12.2 Å². The molecule has 0 unspecified atom stereocenters. The Hall–Kier alpha value is -1.30. The van der Waals surface area contributed by atoms with E-state index in [0.29, 0.717) is 0 Å². The molecule has 0 heteroatoms. The SMILES string of the molecule is C=C/C=C\C(=C)C1=CC=C(C)CC1. The Morgan fingerprint density at radius 2 is 2.15 bits per heavy atom. The van der Waals surface area contributed by atoms with E-state index in [-0.39, 0.29) is 0 Å². The lowest BCUT2D eigenvalue weighted by molar-refractivity contribution is 0.919. The van der Waals surface area contributed by atoms with Crippen molar-refractivity contribution >= 4 is 0 Å². The summed E-state index contributed by atoms with van der Waals surface area (Å²) in [5, 5.41) is 0. The van der Waals surface area contributed by atoms with Gasteiger partial charge >= 0.3 is 0 Å². The molecule has 1 aliphatic rings. The zero-order valence-electron chi connectivity index (χ0n) is 8.22. The quantitative estimate of drug-likeness (QED) is 0.565. The van der Waals surface area contributed by atoms with Gasteiger partial charge in [0.2, 0.25) is 0 Å². The summed E-state index contributed by atoms with van der Waals surface area (Å²) in [5.74, 6) is 0. The van der Waals surface area contributed by atoms with Gasteiger partial charge in [0.25, 0.3) is 0 Å². The molecule has 0 amide bonds. The van der Waals surface area contributed by atoms with Crippen LogP contribution in [-0.2, 0) is 0 Å². The summed E-state index contributed by atoms with van der Waals surface area (Å²) in [7, 11) is 0. The van der Waals surface area contributed by atoms with Gasteiger partial charge in [-0.3, -0.25) is 0 Å². The highest BCUT2D eigenvalue weighted by molar-refractivity contribution is 5.42. The number of hydrogen-bond donors (Lipinski definition) is 0. The normalized spacial score (nSPS) is 16.7. The Morgan fingerprint density at radius 3 is 2.69 bits per heavy atom. The Bertz CT molecular complexity index is 298. The molecule has 0 aromatic rings. The predicted octanol–water partition coefficient (Wildman–Crippen LogP) is 3.95. The molecule has 0 fully saturated rings. The van der Waals surface area contributed by atoms with Crippen LogP contribution in [-0.4, -0.2) is 0 Å². The maximum absolute atomic E-state index is 4.01. The molecule has 0 aromatic heterocycles. The highest BCUT2D eigenvalue weighted by atomic mass is 14.1. The van der Waals surface area contributed by atoms with E-state index in [4.69, 9.17) is 0 Å². The van der Waals surface area contributed by atoms with Crippen molar-refractivity contribution in [1.82, 2.24) is 0 Å². The van der Waals surface area contributed by atoms with Crippen molar-refractivity contribution in [3.63, 3.8) is 0 Å². The number of rotatable bonds is 3. The topological polar surface area (TPSA) is 0 Å². The second-order valence-electron chi connectivity index (χ2n) is 3.32. The van der Waals surface area contributed by atoms with Crippen molar-refractivity contribution in [2.24, 2.45) is 0 Å². The van der Waals surface area contributed by atoms with Gasteiger partial charge in [0.1, 0.15) is 0 Å². The first-order chi connectivity index (χ1) is 6.24. The molecule has 0 spiro atoms. The van der Waals surface area contributed by atoms with Crippen LogP contribution in [0.4, 0.5) is 0 Å². The van der Waals surface area contributed by atoms with Gasteiger partial charge in [0, 0.05) is 0 Å². The molecule has 0 saturated carbocycles. The smallest absolute Gasteiger partial charge is 0.0236 e. The Kier molecular flexibility index (Phi) is 3.51. The second kappa shape index (κ2) is 4.66. The van der Waals surface area contributed by atoms with Crippen molar-refractivity contribution < 1.29 is 0 Å². The van der Waals surface area contributed by atoms with Crippen LogP contribution >= 0.6 is 0 Å². The third kappa shape index (κ3) is 2.90. The van der Waals surface area contributed by atoms with Crippen LogP contribution in [0.2, 0.25) is 0 Å². The third-order valence-corrected chi connectivity index (χ3v) is 2.20. The number of hydrogen-bond acceptors (Lipinski definition) is 0. The van der Waals surface area contributed by atoms with Gasteiger partial charge in [-0.1, -0.05) is 49.1 Å². The zero-order chi connectivity index (χ0) is 9.68. The van der Waals surface area contributed by atoms with E-state index in [0.717, 1.165) is 18.4 Å². The lowest BCUT2D eigenvalue weighted by Gasteiger charge is -2.11. The van der Waals surface area contributed by atoms with E-state index in [2.05, 4.69) is 32.2 Å². The average molecular weight is 172 g/mol. The van der Waals surface area contributed by atoms with Crippen molar-refractivity contribution in [2.45, 2.75) is 19.8 Å². The van der Waals surface area contributed by atoms with Crippen LogP contribution in [0, 0.1) is 0 Å². The lowest BCUT2D eigenvalue weighted by Crippen LogP contribution is -1.92. The first-order valence-electron chi connectivity index (χ1n) is 4.58. The molecule has 0 radical (unpaired) electrons. The van der Waals surface area contributed by atoms with Crippen LogP contribution in [0.15, 0.2) is 60.3 Å². The molecule has 1 aliphatic carbocycles. The van der Waals surface area contributed by atoms with Gasteiger partial charge in [-0.05, 0) is 30.9 Å². The molecule has 13 heavy (non-hydrogen) atoms. The molecule has 0 N–H and O–H groups in total. The van der Waals surface area contributed by atoms with Gasteiger partial charge in [0.15, 0.2) is 0 Å². The van der Waals surface area contributed by atoms with Gasteiger partial charge in [-0.25, -0.2) is 0 Å². The van der Waals surface area contributed by atoms with Crippen molar-refractivity contribution in [1.29, 1.82) is 0 Å². The molecule has 0 bridgehead atoms. The molecule has 0 aliphatic heterocycles. The van der Waals surface area contributed by atoms with Crippen LogP contribution < -0.4 is 0 Å². The second-order valence-corrected chi connectivity index (χ2v) is 3.32. The van der Waals surface area contributed by atoms with E-state index in [1.54, 1.807) is 6.08 Å². The maximum Gasteiger partial charge on any atom is -0.0236 e. The molecule has 0 heterocycles. The molecule has 0 atom stereocenters. The van der Waals surface area contributed by atoms with Gasteiger partial charge in [-0.2, -0.15) is 0 Å². The minimum absolute atomic E-state index is 1.10. The van der Waals surface area contributed by atoms with Crippen LogP contribution in [0.5, 0.6) is 0 Å². The molecule has 0 aromatic carbocycles. The average Bonchev–Trinajstić information content (AvgIpc) is 2.15. The summed E-state index contributed by atoms with van der Waals surface area (Å²) >= 11 is 0. The van der Waals surface area contributed by atoms with Crippen molar-refractivity contribution in [3.8, 4) is 0 Å². The fraction of sp³-hybridized carbons (Fsp3) is 0.231. The van der Waals surface area contributed by atoms with E-state index in [1.165, 1.54) is 11.1 Å². The van der Waals surface area contributed by atoms with Gasteiger partial charge in [0.05, 0.1) is 0 Å². The minimum atomic E-state index is 1.10. The molecule has 68 valence electrons. The number of allylic oxidation sites excluding steroid dienone is 8. The Labute approximate surface area is 80.7 Å². The molecule has 1 rings (SSSR count). The van der Waals surface area contributed by atoms with Crippen LogP contribution in [0.3, 0.4) is 0 Å². The van der Waals surface area contributed by atoms with Crippen molar-refractivity contribution in [2.75, 3.05) is 0 Å². The monoisotopic (exact) mass is 172 g/mol. The molecular weight excluding hydrogens is 156 g/mol. The maximum atomic E-state index is 4.01. The summed E-state index contributed by atoms with van der Waals surface area (Å²) < 4.78 is 0. The Balaban J connectivity index is 2.68. The highest BCUT2D eigenvalue weighted by Gasteiger charge is 2.03. The first kappa shape index (κ1) is 9.79. The fourth-order valence-corrected chi connectivity index (χ4v) is 1.30. The summed E-state index contributed by atoms with van der Waals surface area (Å²) in [5.41, 5.74) is 3.89. The Morgan fingerprint density at radius 1 is 1.38 bits per heavy atom. The summed E-state index contributed by atoms with van der Waals surface area (Å²) in [6.45, 7) is 9.80. The molecular formula is C13H16. The van der Waals surface area contributed by atoms with Crippen molar-refractivity contribution in [3.05, 3.63) is 60.3 Å². The highest BCUT2D eigenvalue weighted by Crippen LogP contribution is 2.23. The summed E-state index contributed by atoms with van der Waals surface area (Å²) in [6, 6.07) is 0. The standard InChI is InChI=1S/C13H16/c1-4-5-6-12(3)13-9-7-11(2)8-10-13/h4-7,9H,1,3,8,10H2,2H3/b6-5-. The molecule has 0 nitrogen and oxygen atoms in total. The van der Waals surface area contributed by atoms with Crippen LogP contribution in [0.25, 0.3) is 0 Å². The lowest BCUT2D eigenvalue weighted by atomic mass is 9.94. The van der Waals surface area contributed by atoms with E-state index in [9.17, 15) is 0 Å². The largest absolute Gasteiger partial charge is 0.0991 e. The van der Waals surface area contributed by atoms with Crippen LogP contribution in [0.1, 0.15) is 19.8 Å². The third-order valence-electron chi connectivity index (χ3n) is 2.20. The minimum Gasteiger partial charge on any atom is -0.0991 e. The van der Waals surface area contributed by atoms with E-state index >= 15 is 0 Å². The predicted molar refractivity (Wildman–Crippen MR) is 59.6 cm³/mol. The summed E-state index contributed by atoms with van der Waals surface area (Å²) in [4.78, 5) is 0. The first-order valence-corrected chi connectivity index (χ1v) is 4.58. The zero-order valence-corrected chi connectivity index (χ0v) is 8.22. The molecule has 0 saturated heterocycles. The van der Waals surface area contributed by atoms with Gasteiger partial charge < -0.3 is 0 Å². The summed E-state index contributed by atoms with van der Waals surface area (Å²) in [6.07, 6.45) is 12.3.